The molecule has 6 heteroatoms. The molecule has 1 aliphatic rings. The van der Waals surface area contributed by atoms with E-state index in [9.17, 15) is 18.0 Å². The molecule has 140 valence electrons. The molecule has 3 nitrogen and oxygen atoms in total. The van der Waals surface area contributed by atoms with Crippen LogP contribution in [-0.2, 0) is 10.3 Å². The smallest absolute Gasteiger partial charge is 0.345 e. The number of amides is 1. The van der Waals surface area contributed by atoms with E-state index in [1.165, 1.54) is 0 Å². The monoisotopic (exact) mass is 356 g/mol. The quantitative estimate of drug-likeness (QED) is 0.774. The predicted octanol–water partition coefficient (Wildman–Crippen LogP) is 4.06. The Kier molecular flexibility index (Phi) is 6.14. The minimum Gasteiger partial charge on any atom is -0.345 e. The van der Waals surface area contributed by atoms with Crippen LogP contribution in [0.2, 0.25) is 0 Å². The summed E-state index contributed by atoms with van der Waals surface area (Å²) in [5.41, 5.74) is 1.71. The Morgan fingerprint density at radius 1 is 1.20 bits per heavy atom. The first kappa shape index (κ1) is 19.8. The number of carbonyl (C=O) groups excluding carboxylic acids is 1. The zero-order valence-corrected chi connectivity index (χ0v) is 15.0. The number of rotatable bonds is 7. The first-order chi connectivity index (χ1) is 11.6. The lowest BCUT2D eigenvalue weighted by atomic mass is 9.71. The molecule has 1 fully saturated rings. The molecule has 0 saturated heterocycles. The molecule has 2 rings (SSSR count). The van der Waals surface area contributed by atoms with E-state index >= 15 is 0 Å². The van der Waals surface area contributed by atoms with Crippen molar-refractivity contribution < 1.29 is 18.0 Å². The summed E-state index contributed by atoms with van der Waals surface area (Å²) >= 11 is 0. The number of benzene rings is 1. The largest absolute Gasteiger partial charge is 0.401 e. The van der Waals surface area contributed by atoms with E-state index in [1.54, 1.807) is 0 Å². The van der Waals surface area contributed by atoms with E-state index in [0.717, 1.165) is 30.4 Å². The number of carbonyl (C=O) groups is 1. The third-order valence-corrected chi connectivity index (χ3v) is 4.75. The molecule has 0 unspecified atom stereocenters. The first-order valence-electron chi connectivity index (χ1n) is 8.81. The van der Waals surface area contributed by atoms with Gasteiger partial charge in [-0.1, -0.05) is 43.7 Å². The van der Waals surface area contributed by atoms with Crippen LogP contribution in [0, 0.1) is 12.8 Å². The van der Waals surface area contributed by atoms with Crippen molar-refractivity contribution in [2.45, 2.75) is 64.2 Å². The fourth-order valence-electron chi connectivity index (χ4n) is 3.21. The van der Waals surface area contributed by atoms with Crippen LogP contribution in [0.5, 0.6) is 0 Å². The first-order valence-corrected chi connectivity index (χ1v) is 8.81. The summed E-state index contributed by atoms with van der Waals surface area (Å²) in [6.45, 7) is 4.63. The van der Waals surface area contributed by atoms with Gasteiger partial charge in [0, 0.05) is 0 Å². The molecule has 25 heavy (non-hydrogen) atoms. The topological polar surface area (TPSA) is 41.1 Å². The van der Waals surface area contributed by atoms with Crippen LogP contribution in [0.3, 0.4) is 0 Å². The van der Waals surface area contributed by atoms with Crippen molar-refractivity contribution >= 4 is 5.91 Å². The van der Waals surface area contributed by atoms with Gasteiger partial charge in [0.1, 0.15) is 0 Å². The molecule has 0 bridgehead atoms. The summed E-state index contributed by atoms with van der Waals surface area (Å²) < 4.78 is 37.6. The highest BCUT2D eigenvalue weighted by molar-refractivity contribution is 5.82. The maximum absolute atomic E-state index is 12.7. The van der Waals surface area contributed by atoms with Crippen molar-refractivity contribution in [3.8, 4) is 0 Å². The number of alkyl halides is 3. The summed E-state index contributed by atoms with van der Waals surface area (Å²) in [6.07, 6.45) is -1.34. The minimum atomic E-state index is -4.33. The zero-order chi connectivity index (χ0) is 18.7. The lowest BCUT2D eigenvalue weighted by molar-refractivity contribution is -0.134. The number of nitrogens with one attached hydrogen (secondary N) is 2. The summed E-state index contributed by atoms with van der Waals surface area (Å²) in [6, 6.07) is 7.14. The Balaban J connectivity index is 2.10. The van der Waals surface area contributed by atoms with Gasteiger partial charge in [0.25, 0.3) is 0 Å². The molecule has 2 N–H and O–H groups in total. The average Bonchev–Trinajstić information content (AvgIpc) is 2.47. The van der Waals surface area contributed by atoms with E-state index in [2.05, 4.69) is 10.6 Å². The molecule has 1 aromatic rings. The highest BCUT2D eigenvalue weighted by Crippen LogP contribution is 2.41. The van der Waals surface area contributed by atoms with Crippen LogP contribution in [-0.4, -0.2) is 24.7 Å². The summed E-state index contributed by atoms with van der Waals surface area (Å²) in [7, 11) is 0. The van der Waals surface area contributed by atoms with Crippen molar-refractivity contribution in [2.75, 3.05) is 6.54 Å². The second-order valence-electron chi connectivity index (χ2n) is 7.47. The molecule has 1 aromatic carbocycles. The van der Waals surface area contributed by atoms with Gasteiger partial charge < -0.3 is 5.32 Å². The number of hydrogen-bond donors (Lipinski definition) is 2. The minimum absolute atomic E-state index is 0.119. The summed E-state index contributed by atoms with van der Waals surface area (Å²) in [4.78, 5) is 12.7. The number of aryl methyl sites for hydroxylation is 1. The van der Waals surface area contributed by atoms with Crippen LogP contribution < -0.4 is 10.6 Å². The Bertz CT molecular complexity index is 577. The van der Waals surface area contributed by atoms with Gasteiger partial charge in [-0.25, -0.2) is 0 Å². The normalized spacial score (nSPS) is 17.9. The molecule has 0 heterocycles. The van der Waals surface area contributed by atoms with Gasteiger partial charge in [-0.3, -0.25) is 10.1 Å². The Labute approximate surface area is 147 Å². The molecule has 0 aromatic heterocycles. The third-order valence-electron chi connectivity index (χ3n) is 4.75. The van der Waals surface area contributed by atoms with Crippen molar-refractivity contribution in [3.63, 3.8) is 0 Å². The van der Waals surface area contributed by atoms with E-state index in [4.69, 9.17) is 0 Å². The molecule has 0 aliphatic heterocycles. The lowest BCUT2D eigenvalue weighted by Crippen LogP contribution is -2.57. The van der Waals surface area contributed by atoms with E-state index in [1.807, 2.05) is 45.0 Å². The fourth-order valence-corrected chi connectivity index (χ4v) is 3.21. The van der Waals surface area contributed by atoms with E-state index in [-0.39, 0.29) is 11.8 Å². The standard InChI is InChI=1S/C19H27F3N2O/c1-13(2)11-16(23-12-19(20,21)22)17(25)24-18(9-4-10-18)15-7-5-14(3)6-8-15/h5-8,13,16,23H,4,9-12H2,1-3H3,(H,24,25)/t16-/m0/s1. The molecule has 0 spiro atoms. The van der Waals surface area contributed by atoms with Gasteiger partial charge in [-0.2, -0.15) is 13.2 Å². The van der Waals surface area contributed by atoms with Crippen LogP contribution in [0.15, 0.2) is 24.3 Å². The lowest BCUT2D eigenvalue weighted by Gasteiger charge is -2.44. The van der Waals surface area contributed by atoms with E-state index < -0.39 is 24.3 Å². The van der Waals surface area contributed by atoms with Crippen molar-refractivity contribution in [1.29, 1.82) is 0 Å². The number of halogens is 3. The van der Waals surface area contributed by atoms with Crippen LogP contribution in [0.25, 0.3) is 0 Å². The molecule has 0 radical (unpaired) electrons. The van der Waals surface area contributed by atoms with E-state index in [0.29, 0.717) is 6.42 Å². The molecule has 1 amide bonds. The molecular formula is C19H27F3N2O. The fraction of sp³-hybridized carbons (Fsp3) is 0.632. The Hall–Kier alpha value is -1.56. The second-order valence-corrected chi connectivity index (χ2v) is 7.47. The van der Waals surface area contributed by atoms with Crippen LogP contribution in [0.4, 0.5) is 13.2 Å². The van der Waals surface area contributed by atoms with Gasteiger partial charge in [-0.05, 0) is 44.1 Å². The molecule has 1 saturated carbocycles. The Morgan fingerprint density at radius 2 is 1.80 bits per heavy atom. The van der Waals surface area contributed by atoms with Crippen LogP contribution >= 0.6 is 0 Å². The highest BCUT2D eigenvalue weighted by atomic mass is 19.4. The molecule has 1 aliphatic carbocycles. The predicted molar refractivity (Wildman–Crippen MR) is 92.2 cm³/mol. The van der Waals surface area contributed by atoms with Gasteiger partial charge in [0.15, 0.2) is 0 Å². The summed E-state index contributed by atoms with van der Waals surface area (Å²) in [5.74, 6) is -0.230. The van der Waals surface area contributed by atoms with Gasteiger partial charge in [-0.15, -0.1) is 0 Å². The van der Waals surface area contributed by atoms with Gasteiger partial charge in [0.05, 0.1) is 18.1 Å². The zero-order valence-electron chi connectivity index (χ0n) is 15.0. The molecular weight excluding hydrogens is 329 g/mol. The number of hydrogen-bond acceptors (Lipinski definition) is 2. The van der Waals surface area contributed by atoms with Gasteiger partial charge >= 0.3 is 6.18 Å². The highest BCUT2D eigenvalue weighted by Gasteiger charge is 2.41. The van der Waals surface area contributed by atoms with Gasteiger partial charge in [0.2, 0.25) is 5.91 Å². The maximum atomic E-state index is 12.7. The third kappa shape index (κ3) is 5.46. The van der Waals surface area contributed by atoms with Crippen molar-refractivity contribution in [1.82, 2.24) is 10.6 Å². The SMILES string of the molecule is Cc1ccc(C2(NC(=O)[C@H](CC(C)C)NCC(F)(F)F)CCC2)cc1. The van der Waals surface area contributed by atoms with Crippen molar-refractivity contribution in [2.24, 2.45) is 5.92 Å². The maximum Gasteiger partial charge on any atom is 0.401 e. The van der Waals surface area contributed by atoms with Crippen LogP contribution in [0.1, 0.15) is 50.7 Å². The Morgan fingerprint density at radius 3 is 2.24 bits per heavy atom. The molecule has 1 atom stereocenters. The second kappa shape index (κ2) is 7.77. The average molecular weight is 356 g/mol. The van der Waals surface area contributed by atoms with Crippen molar-refractivity contribution in [3.05, 3.63) is 35.4 Å². The summed E-state index contributed by atoms with van der Waals surface area (Å²) in [5, 5.41) is 5.42.